The van der Waals surface area contributed by atoms with Gasteiger partial charge in [-0.3, -0.25) is 0 Å². The van der Waals surface area contributed by atoms with Crippen LogP contribution in [0.3, 0.4) is 0 Å². The summed E-state index contributed by atoms with van der Waals surface area (Å²) >= 11 is 0. The van der Waals surface area contributed by atoms with Crippen LogP contribution in [0, 0.1) is 0 Å². The van der Waals surface area contributed by atoms with E-state index in [1.54, 1.807) is 6.33 Å². The van der Waals surface area contributed by atoms with Crippen molar-refractivity contribution < 1.29 is 0 Å². The van der Waals surface area contributed by atoms with Crippen molar-refractivity contribution in [2.45, 2.75) is 31.8 Å². The van der Waals surface area contributed by atoms with Crippen molar-refractivity contribution in [1.29, 1.82) is 0 Å². The molecule has 5 nitrogen and oxygen atoms in total. The first-order chi connectivity index (χ1) is 8.33. The molecule has 3 heterocycles. The highest BCUT2D eigenvalue weighted by molar-refractivity contribution is 5.86. The molecular weight excluding hydrogens is 214 g/mol. The fourth-order valence-corrected chi connectivity index (χ4v) is 2.30. The summed E-state index contributed by atoms with van der Waals surface area (Å²) in [7, 11) is 0. The van der Waals surface area contributed by atoms with Gasteiger partial charge in [-0.05, 0) is 25.8 Å². The van der Waals surface area contributed by atoms with Crippen LogP contribution in [0.5, 0.6) is 0 Å². The van der Waals surface area contributed by atoms with Crippen LogP contribution >= 0.6 is 0 Å². The molecule has 0 aromatic carbocycles. The predicted molar refractivity (Wildman–Crippen MR) is 68.0 cm³/mol. The Kier molecular flexibility index (Phi) is 2.68. The Bertz CT molecular complexity index is 498. The fourth-order valence-electron chi connectivity index (χ4n) is 2.30. The number of nitrogens with one attached hydrogen (secondary N) is 3. The maximum Gasteiger partial charge on any atom is 0.142 e. The molecule has 3 rings (SSSR count). The van der Waals surface area contributed by atoms with Crippen molar-refractivity contribution in [3.8, 4) is 0 Å². The minimum Gasteiger partial charge on any atom is -0.365 e. The van der Waals surface area contributed by atoms with Gasteiger partial charge in [-0.1, -0.05) is 0 Å². The van der Waals surface area contributed by atoms with Gasteiger partial charge in [0, 0.05) is 24.8 Å². The first kappa shape index (κ1) is 10.5. The summed E-state index contributed by atoms with van der Waals surface area (Å²) in [5, 5.41) is 8.04. The predicted octanol–water partition coefficient (Wildman–Crippen LogP) is 1.51. The van der Waals surface area contributed by atoms with Crippen LogP contribution in [0.4, 0.5) is 5.82 Å². The fraction of sp³-hybridized carbons (Fsp3) is 0.500. The maximum absolute atomic E-state index is 4.32. The van der Waals surface area contributed by atoms with Crippen LogP contribution < -0.4 is 10.6 Å². The van der Waals surface area contributed by atoms with Crippen LogP contribution in [0.15, 0.2) is 18.6 Å². The summed E-state index contributed by atoms with van der Waals surface area (Å²) in [5.41, 5.74) is 0.889. The van der Waals surface area contributed by atoms with Crippen LogP contribution in [-0.2, 0) is 0 Å². The molecule has 0 radical (unpaired) electrons. The van der Waals surface area contributed by atoms with E-state index in [-0.39, 0.29) is 0 Å². The van der Waals surface area contributed by atoms with Crippen LogP contribution in [0.1, 0.15) is 19.8 Å². The van der Waals surface area contributed by atoms with Gasteiger partial charge >= 0.3 is 0 Å². The number of H-pyrrole nitrogens is 1. The maximum atomic E-state index is 4.32. The average Bonchev–Trinajstić information content (AvgIpc) is 2.81. The number of anilines is 1. The van der Waals surface area contributed by atoms with Gasteiger partial charge in [0.15, 0.2) is 0 Å². The summed E-state index contributed by atoms with van der Waals surface area (Å²) in [4.78, 5) is 11.6. The third-order valence-electron chi connectivity index (χ3n) is 3.36. The first-order valence-corrected chi connectivity index (χ1v) is 6.11. The monoisotopic (exact) mass is 231 g/mol. The molecule has 0 saturated carbocycles. The Hall–Kier alpha value is -1.62. The molecule has 0 amide bonds. The smallest absolute Gasteiger partial charge is 0.142 e. The zero-order chi connectivity index (χ0) is 11.7. The summed E-state index contributed by atoms with van der Waals surface area (Å²) in [5.74, 6) is 0.928. The van der Waals surface area contributed by atoms with Crippen LogP contribution in [0.25, 0.3) is 11.0 Å². The number of piperidine rings is 1. The molecule has 1 aliphatic rings. The van der Waals surface area contributed by atoms with E-state index < -0.39 is 0 Å². The molecule has 0 bridgehead atoms. The lowest BCUT2D eigenvalue weighted by Crippen LogP contribution is -2.43. The van der Waals surface area contributed by atoms with Crippen LogP contribution in [-0.4, -0.2) is 33.6 Å². The van der Waals surface area contributed by atoms with Crippen molar-refractivity contribution in [2.75, 3.05) is 11.9 Å². The molecule has 17 heavy (non-hydrogen) atoms. The minimum absolute atomic E-state index is 0.458. The summed E-state index contributed by atoms with van der Waals surface area (Å²) < 4.78 is 0. The van der Waals surface area contributed by atoms with Gasteiger partial charge in [0.1, 0.15) is 17.8 Å². The largest absolute Gasteiger partial charge is 0.365 e. The molecular formula is C12H17N5. The normalized spacial score (nSPS) is 25.0. The zero-order valence-corrected chi connectivity index (χ0v) is 9.90. The zero-order valence-electron chi connectivity index (χ0n) is 9.90. The summed E-state index contributed by atoms with van der Waals surface area (Å²) in [6.07, 6.45) is 5.88. The van der Waals surface area contributed by atoms with Gasteiger partial charge in [-0.25, -0.2) is 9.97 Å². The lowest BCUT2D eigenvalue weighted by molar-refractivity contribution is 0.398. The lowest BCUT2D eigenvalue weighted by atomic mass is 10.0. The Morgan fingerprint density at radius 1 is 1.35 bits per heavy atom. The molecule has 1 fully saturated rings. The van der Waals surface area contributed by atoms with Gasteiger partial charge in [-0.15, -0.1) is 0 Å². The van der Waals surface area contributed by atoms with Gasteiger partial charge in [0.05, 0.1) is 5.39 Å². The molecule has 0 aliphatic carbocycles. The standard InChI is InChI=1S/C12H17N5/c1-8-2-3-9(6-14-8)17-12-10-4-5-13-11(10)15-7-16-12/h4-5,7-9,14H,2-3,6H2,1H3,(H2,13,15,16,17)/t8-,9-/m0/s1. The second-order valence-electron chi connectivity index (χ2n) is 4.69. The number of fused-ring (bicyclic) bond motifs is 1. The Balaban J connectivity index is 1.78. The number of aromatic nitrogens is 3. The molecule has 2 atom stereocenters. The van der Waals surface area contributed by atoms with Crippen molar-refractivity contribution in [3.63, 3.8) is 0 Å². The van der Waals surface area contributed by atoms with E-state index in [1.807, 2.05) is 12.3 Å². The van der Waals surface area contributed by atoms with E-state index in [4.69, 9.17) is 0 Å². The van der Waals surface area contributed by atoms with Gasteiger partial charge < -0.3 is 15.6 Å². The number of rotatable bonds is 2. The average molecular weight is 231 g/mol. The number of nitrogens with zero attached hydrogens (tertiary/aromatic N) is 2. The van der Waals surface area contributed by atoms with E-state index in [0.29, 0.717) is 12.1 Å². The van der Waals surface area contributed by atoms with E-state index in [1.165, 1.54) is 12.8 Å². The molecule has 1 saturated heterocycles. The van der Waals surface area contributed by atoms with E-state index in [2.05, 4.69) is 32.5 Å². The molecule has 2 aromatic heterocycles. The minimum atomic E-state index is 0.458. The first-order valence-electron chi connectivity index (χ1n) is 6.11. The third-order valence-corrected chi connectivity index (χ3v) is 3.36. The summed E-state index contributed by atoms with van der Waals surface area (Å²) in [6.45, 7) is 3.22. The van der Waals surface area contributed by atoms with Crippen LogP contribution in [0.2, 0.25) is 0 Å². The van der Waals surface area contributed by atoms with E-state index >= 15 is 0 Å². The van der Waals surface area contributed by atoms with Crippen molar-refractivity contribution in [1.82, 2.24) is 20.3 Å². The molecule has 5 heteroatoms. The lowest BCUT2D eigenvalue weighted by Gasteiger charge is -2.28. The van der Waals surface area contributed by atoms with Crippen molar-refractivity contribution >= 4 is 16.9 Å². The quantitative estimate of drug-likeness (QED) is 0.733. The molecule has 3 N–H and O–H groups in total. The molecule has 90 valence electrons. The Labute approximate surface area is 100 Å². The molecule has 1 aliphatic heterocycles. The number of hydrogen-bond acceptors (Lipinski definition) is 4. The highest BCUT2D eigenvalue weighted by atomic mass is 15.1. The highest BCUT2D eigenvalue weighted by Gasteiger charge is 2.18. The van der Waals surface area contributed by atoms with Crippen molar-refractivity contribution in [3.05, 3.63) is 18.6 Å². The third kappa shape index (κ3) is 2.10. The van der Waals surface area contributed by atoms with Gasteiger partial charge in [0.2, 0.25) is 0 Å². The number of hydrogen-bond donors (Lipinski definition) is 3. The Morgan fingerprint density at radius 2 is 2.29 bits per heavy atom. The van der Waals surface area contributed by atoms with E-state index in [0.717, 1.165) is 23.4 Å². The number of aromatic amines is 1. The molecule has 0 unspecified atom stereocenters. The van der Waals surface area contributed by atoms with Gasteiger partial charge in [-0.2, -0.15) is 0 Å². The van der Waals surface area contributed by atoms with Crippen molar-refractivity contribution in [2.24, 2.45) is 0 Å². The van der Waals surface area contributed by atoms with E-state index in [9.17, 15) is 0 Å². The molecule has 2 aromatic rings. The topological polar surface area (TPSA) is 65.6 Å². The summed E-state index contributed by atoms with van der Waals surface area (Å²) in [6, 6.07) is 3.10. The SMILES string of the molecule is C[C@H]1CC[C@H](Nc2ncnc3[nH]ccc23)CN1. The highest BCUT2D eigenvalue weighted by Crippen LogP contribution is 2.20. The van der Waals surface area contributed by atoms with Gasteiger partial charge in [0.25, 0.3) is 0 Å². The molecule has 0 spiro atoms. The second kappa shape index (κ2) is 4.33. The second-order valence-corrected chi connectivity index (χ2v) is 4.69. The Morgan fingerprint density at radius 3 is 3.12 bits per heavy atom.